The van der Waals surface area contributed by atoms with Crippen molar-refractivity contribution >= 4 is 29.2 Å². The summed E-state index contributed by atoms with van der Waals surface area (Å²) in [5, 5.41) is 5.46. The molecule has 1 amide bonds. The predicted molar refractivity (Wildman–Crippen MR) is 76.9 cm³/mol. The monoisotopic (exact) mass is 272 g/mol. The lowest BCUT2D eigenvalue weighted by Gasteiger charge is -2.07. The average Bonchev–Trinajstić information content (AvgIpc) is 2.40. The standard InChI is InChI=1S/C13H12N4OS/c1-9-3-5-10(6-4-9)11(18)16-13(19)17-12-14-7-2-8-15-12/h2-8H,1H3,(H2,14,15,16,17,18,19). The Morgan fingerprint density at radius 3 is 2.42 bits per heavy atom. The van der Waals surface area contributed by atoms with Crippen molar-refractivity contribution in [2.75, 3.05) is 5.32 Å². The Kier molecular flexibility index (Phi) is 4.15. The van der Waals surface area contributed by atoms with Gasteiger partial charge < -0.3 is 5.32 Å². The molecule has 0 radical (unpaired) electrons. The van der Waals surface area contributed by atoms with Gasteiger partial charge in [-0.1, -0.05) is 17.7 Å². The highest BCUT2D eigenvalue weighted by Crippen LogP contribution is 2.03. The van der Waals surface area contributed by atoms with E-state index in [1.807, 2.05) is 19.1 Å². The molecular formula is C13H12N4OS. The Labute approximate surface area is 116 Å². The van der Waals surface area contributed by atoms with Crippen LogP contribution in [-0.2, 0) is 0 Å². The van der Waals surface area contributed by atoms with Crippen molar-refractivity contribution in [2.24, 2.45) is 0 Å². The molecular weight excluding hydrogens is 260 g/mol. The summed E-state index contributed by atoms with van der Waals surface area (Å²) in [7, 11) is 0. The molecule has 0 aliphatic heterocycles. The third-order valence-electron chi connectivity index (χ3n) is 2.33. The molecule has 1 aromatic heterocycles. The molecule has 19 heavy (non-hydrogen) atoms. The van der Waals surface area contributed by atoms with Crippen molar-refractivity contribution in [3.8, 4) is 0 Å². The summed E-state index contributed by atoms with van der Waals surface area (Å²) in [6.45, 7) is 1.96. The molecule has 0 saturated heterocycles. The number of hydrogen-bond donors (Lipinski definition) is 2. The highest BCUT2D eigenvalue weighted by molar-refractivity contribution is 7.80. The van der Waals surface area contributed by atoms with Crippen LogP contribution in [0.3, 0.4) is 0 Å². The van der Waals surface area contributed by atoms with E-state index >= 15 is 0 Å². The minimum Gasteiger partial charge on any atom is -0.301 e. The Morgan fingerprint density at radius 1 is 1.16 bits per heavy atom. The van der Waals surface area contributed by atoms with Gasteiger partial charge in [-0.2, -0.15) is 0 Å². The quantitative estimate of drug-likeness (QED) is 0.817. The number of carbonyl (C=O) groups is 1. The first-order valence-electron chi connectivity index (χ1n) is 5.61. The molecule has 0 atom stereocenters. The Balaban J connectivity index is 1.95. The third-order valence-corrected chi connectivity index (χ3v) is 2.54. The van der Waals surface area contributed by atoms with Gasteiger partial charge in [-0.3, -0.25) is 10.1 Å². The number of aromatic nitrogens is 2. The molecule has 0 aliphatic rings. The third kappa shape index (κ3) is 3.82. The van der Waals surface area contributed by atoms with Crippen LogP contribution in [0.1, 0.15) is 15.9 Å². The van der Waals surface area contributed by atoms with Gasteiger partial charge in [0.15, 0.2) is 5.11 Å². The van der Waals surface area contributed by atoms with Gasteiger partial charge in [0.2, 0.25) is 5.95 Å². The molecule has 1 aromatic carbocycles. The minimum atomic E-state index is -0.270. The number of nitrogens with zero attached hydrogens (tertiary/aromatic N) is 2. The fourth-order valence-corrected chi connectivity index (χ4v) is 1.56. The van der Waals surface area contributed by atoms with Crippen LogP contribution in [0.25, 0.3) is 0 Å². The van der Waals surface area contributed by atoms with E-state index in [1.165, 1.54) is 0 Å². The first-order chi connectivity index (χ1) is 9.15. The Bertz CT molecular complexity index is 583. The molecule has 0 aliphatic carbocycles. The zero-order valence-electron chi connectivity index (χ0n) is 10.3. The highest BCUT2D eigenvalue weighted by atomic mass is 32.1. The number of rotatable bonds is 2. The van der Waals surface area contributed by atoms with Crippen LogP contribution in [0.5, 0.6) is 0 Å². The number of carbonyl (C=O) groups excluding carboxylic acids is 1. The fraction of sp³-hybridized carbons (Fsp3) is 0.0769. The van der Waals surface area contributed by atoms with E-state index in [-0.39, 0.29) is 11.0 Å². The van der Waals surface area contributed by atoms with Crippen molar-refractivity contribution in [3.63, 3.8) is 0 Å². The summed E-state index contributed by atoms with van der Waals surface area (Å²) in [6.07, 6.45) is 3.17. The molecule has 96 valence electrons. The van der Waals surface area contributed by atoms with Gasteiger partial charge in [0, 0.05) is 18.0 Å². The number of benzene rings is 1. The molecule has 0 fully saturated rings. The van der Waals surface area contributed by atoms with Crippen LogP contribution in [-0.4, -0.2) is 21.0 Å². The SMILES string of the molecule is Cc1ccc(C(=O)NC(=S)Nc2ncccn2)cc1. The zero-order chi connectivity index (χ0) is 13.7. The van der Waals surface area contributed by atoms with Gasteiger partial charge in [0.1, 0.15) is 0 Å². The van der Waals surface area contributed by atoms with Gasteiger partial charge in [-0.05, 0) is 37.3 Å². The first kappa shape index (κ1) is 13.1. The van der Waals surface area contributed by atoms with Gasteiger partial charge >= 0.3 is 0 Å². The van der Waals surface area contributed by atoms with Crippen molar-refractivity contribution in [1.29, 1.82) is 0 Å². The summed E-state index contributed by atoms with van der Waals surface area (Å²) in [4.78, 5) is 19.8. The maximum Gasteiger partial charge on any atom is 0.257 e. The second-order valence-corrected chi connectivity index (χ2v) is 4.25. The number of aryl methyl sites for hydroxylation is 1. The van der Waals surface area contributed by atoms with Crippen molar-refractivity contribution in [3.05, 3.63) is 53.9 Å². The number of hydrogen-bond acceptors (Lipinski definition) is 4. The van der Waals surface area contributed by atoms with Crippen LogP contribution < -0.4 is 10.6 Å². The van der Waals surface area contributed by atoms with E-state index in [4.69, 9.17) is 12.2 Å². The lowest BCUT2D eigenvalue weighted by molar-refractivity contribution is 0.0978. The van der Waals surface area contributed by atoms with Gasteiger partial charge in [0.25, 0.3) is 5.91 Å². The van der Waals surface area contributed by atoms with Gasteiger partial charge in [0.05, 0.1) is 0 Å². The molecule has 0 unspecified atom stereocenters. The molecule has 0 bridgehead atoms. The van der Waals surface area contributed by atoms with Crippen LogP contribution in [0.15, 0.2) is 42.7 Å². The van der Waals surface area contributed by atoms with Crippen LogP contribution in [0.2, 0.25) is 0 Å². The van der Waals surface area contributed by atoms with E-state index in [0.717, 1.165) is 5.56 Å². The van der Waals surface area contributed by atoms with E-state index in [2.05, 4.69) is 20.6 Å². The summed E-state index contributed by atoms with van der Waals surface area (Å²) < 4.78 is 0. The van der Waals surface area contributed by atoms with Gasteiger partial charge in [-0.25, -0.2) is 9.97 Å². The lowest BCUT2D eigenvalue weighted by Crippen LogP contribution is -2.34. The largest absolute Gasteiger partial charge is 0.301 e. The Hall–Kier alpha value is -2.34. The summed E-state index contributed by atoms with van der Waals surface area (Å²) >= 11 is 5.01. The second kappa shape index (κ2) is 6.01. The maximum absolute atomic E-state index is 11.9. The van der Waals surface area contributed by atoms with Crippen molar-refractivity contribution in [2.45, 2.75) is 6.92 Å². The van der Waals surface area contributed by atoms with Crippen LogP contribution in [0.4, 0.5) is 5.95 Å². The van der Waals surface area contributed by atoms with Crippen molar-refractivity contribution < 1.29 is 4.79 Å². The van der Waals surface area contributed by atoms with E-state index in [1.54, 1.807) is 30.6 Å². The van der Waals surface area contributed by atoms with E-state index in [9.17, 15) is 4.79 Å². The molecule has 0 spiro atoms. The Morgan fingerprint density at radius 2 is 1.79 bits per heavy atom. The molecule has 5 nitrogen and oxygen atoms in total. The lowest BCUT2D eigenvalue weighted by atomic mass is 10.1. The maximum atomic E-state index is 11.9. The van der Waals surface area contributed by atoms with E-state index in [0.29, 0.717) is 11.5 Å². The van der Waals surface area contributed by atoms with E-state index < -0.39 is 0 Å². The molecule has 2 N–H and O–H groups in total. The smallest absolute Gasteiger partial charge is 0.257 e. The predicted octanol–water partition coefficient (Wildman–Crippen LogP) is 1.91. The number of thiocarbonyl (C=S) groups is 1. The number of nitrogens with one attached hydrogen (secondary N) is 2. The number of anilines is 1. The summed E-state index contributed by atoms with van der Waals surface area (Å²) in [5.41, 5.74) is 1.64. The highest BCUT2D eigenvalue weighted by Gasteiger charge is 2.07. The van der Waals surface area contributed by atoms with Crippen molar-refractivity contribution in [1.82, 2.24) is 15.3 Å². The molecule has 0 saturated carbocycles. The minimum absolute atomic E-state index is 0.164. The molecule has 2 aromatic rings. The molecule has 1 heterocycles. The summed E-state index contributed by atoms with van der Waals surface area (Å²) in [5.74, 6) is 0.0742. The van der Waals surface area contributed by atoms with Crippen LogP contribution in [0, 0.1) is 6.92 Å². The fourth-order valence-electron chi connectivity index (χ4n) is 1.38. The number of amides is 1. The zero-order valence-corrected chi connectivity index (χ0v) is 11.1. The average molecular weight is 272 g/mol. The molecule has 6 heteroatoms. The summed E-state index contributed by atoms with van der Waals surface area (Å²) in [6, 6.07) is 8.91. The second-order valence-electron chi connectivity index (χ2n) is 3.85. The molecule has 2 rings (SSSR count). The normalized spacial score (nSPS) is 9.74. The van der Waals surface area contributed by atoms with Gasteiger partial charge in [-0.15, -0.1) is 0 Å². The first-order valence-corrected chi connectivity index (χ1v) is 6.02. The topological polar surface area (TPSA) is 66.9 Å². The van der Waals surface area contributed by atoms with Crippen LogP contribution >= 0.6 is 12.2 Å².